The predicted molar refractivity (Wildman–Crippen MR) is 91.3 cm³/mol. The van der Waals surface area contributed by atoms with Crippen LogP contribution in [0.1, 0.15) is 12.5 Å². The van der Waals surface area contributed by atoms with Crippen molar-refractivity contribution in [1.82, 2.24) is 5.32 Å². The zero-order valence-electron chi connectivity index (χ0n) is 13.6. The van der Waals surface area contributed by atoms with Gasteiger partial charge in [-0.05, 0) is 37.6 Å². The SMILES string of the molecule is COc1ccccc1NC(=O)NC(C)COc1ccccc1C. The van der Waals surface area contributed by atoms with E-state index >= 15 is 0 Å². The molecule has 0 saturated carbocycles. The maximum atomic E-state index is 12.0. The molecule has 0 aliphatic carbocycles. The summed E-state index contributed by atoms with van der Waals surface area (Å²) in [5, 5.41) is 5.61. The summed E-state index contributed by atoms with van der Waals surface area (Å²) in [5.41, 5.74) is 1.69. The van der Waals surface area contributed by atoms with Gasteiger partial charge in [-0.25, -0.2) is 4.79 Å². The van der Waals surface area contributed by atoms with Crippen molar-refractivity contribution in [2.24, 2.45) is 0 Å². The average molecular weight is 314 g/mol. The van der Waals surface area contributed by atoms with E-state index in [1.54, 1.807) is 19.2 Å². The maximum Gasteiger partial charge on any atom is 0.319 e. The lowest BCUT2D eigenvalue weighted by Crippen LogP contribution is -2.39. The number of urea groups is 1. The van der Waals surface area contributed by atoms with Crippen LogP contribution in [0.25, 0.3) is 0 Å². The van der Waals surface area contributed by atoms with Crippen molar-refractivity contribution >= 4 is 11.7 Å². The molecule has 2 amide bonds. The number of rotatable bonds is 6. The summed E-state index contributed by atoms with van der Waals surface area (Å²) in [6.45, 7) is 4.27. The number of hydrogen-bond donors (Lipinski definition) is 2. The minimum absolute atomic E-state index is 0.135. The van der Waals surface area contributed by atoms with Gasteiger partial charge < -0.3 is 20.1 Å². The Morgan fingerprint density at radius 3 is 2.43 bits per heavy atom. The molecule has 0 saturated heterocycles. The summed E-state index contributed by atoms with van der Waals surface area (Å²) in [6, 6.07) is 14.6. The molecule has 0 aliphatic rings. The first kappa shape index (κ1) is 16.7. The minimum atomic E-state index is -0.296. The number of anilines is 1. The van der Waals surface area contributed by atoms with E-state index in [0.29, 0.717) is 18.0 Å². The molecule has 5 nitrogen and oxygen atoms in total. The molecule has 23 heavy (non-hydrogen) atoms. The van der Waals surface area contributed by atoms with E-state index in [2.05, 4.69) is 10.6 Å². The maximum absolute atomic E-state index is 12.0. The van der Waals surface area contributed by atoms with E-state index < -0.39 is 0 Å². The molecule has 0 radical (unpaired) electrons. The molecular weight excluding hydrogens is 292 g/mol. The van der Waals surface area contributed by atoms with Crippen LogP contribution in [0.5, 0.6) is 11.5 Å². The normalized spacial score (nSPS) is 11.4. The fraction of sp³-hybridized carbons (Fsp3) is 0.278. The average Bonchev–Trinajstić information content (AvgIpc) is 2.54. The Labute approximate surface area is 136 Å². The van der Waals surface area contributed by atoms with Crippen molar-refractivity contribution in [1.29, 1.82) is 0 Å². The van der Waals surface area contributed by atoms with Gasteiger partial charge in [-0.3, -0.25) is 0 Å². The Kier molecular flexibility index (Phi) is 5.86. The Morgan fingerprint density at radius 2 is 1.74 bits per heavy atom. The van der Waals surface area contributed by atoms with Crippen LogP contribution < -0.4 is 20.1 Å². The van der Waals surface area contributed by atoms with Crippen molar-refractivity contribution in [3.8, 4) is 11.5 Å². The zero-order valence-corrected chi connectivity index (χ0v) is 13.6. The highest BCUT2D eigenvalue weighted by Gasteiger charge is 2.11. The lowest BCUT2D eigenvalue weighted by atomic mass is 10.2. The molecule has 0 bridgehead atoms. The number of hydrogen-bond acceptors (Lipinski definition) is 3. The van der Waals surface area contributed by atoms with Crippen LogP contribution in [0.3, 0.4) is 0 Å². The third kappa shape index (κ3) is 4.92. The molecule has 5 heteroatoms. The van der Waals surface area contributed by atoms with Crippen LogP contribution in [-0.4, -0.2) is 25.8 Å². The van der Waals surface area contributed by atoms with Gasteiger partial charge >= 0.3 is 6.03 Å². The molecule has 2 rings (SSSR count). The topological polar surface area (TPSA) is 59.6 Å². The molecule has 1 unspecified atom stereocenters. The summed E-state index contributed by atoms with van der Waals surface area (Å²) < 4.78 is 10.9. The van der Waals surface area contributed by atoms with Crippen LogP contribution in [0.4, 0.5) is 10.5 Å². The first-order valence-corrected chi connectivity index (χ1v) is 7.49. The summed E-state index contributed by atoms with van der Waals surface area (Å²) in [5.74, 6) is 1.44. The molecule has 0 aromatic heterocycles. The van der Waals surface area contributed by atoms with Crippen LogP contribution in [0, 0.1) is 6.92 Å². The third-order valence-corrected chi connectivity index (χ3v) is 3.32. The van der Waals surface area contributed by atoms with Gasteiger partial charge in [-0.2, -0.15) is 0 Å². The standard InChI is InChI=1S/C18H22N2O3/c1-13-8-4-6-10-16(13)23-12-14(2)19-18(21)20-15-9-5-7-11-17(15)22-3/h4-11,14H,12H2,1-3H3,(H2,19,20,21). The third-order valence-electron chi connectivity index (χ3n) is 3.32. The zero-order chi connectivity index (χ0) is 16.7. The lowest BCUT2D eigenvalue weighted by molar-refractivity contribution is 0.236. The van der Waals surface area contributed by atoms with Crippen molar-refractivity contribution in [3.63, 3.8) is 0 Å². The number of ether oxygens (including phenoxy) is 2. The van der Waals surface area contributed by atoms with Gasteiger partial charge in [-0.1, -0.05) is 30.3 Å². The van der Waals surface area contributed by atoms with E-state index in [4.69, 9.17) is 9.47 Å². The van der Waals surface area contributed by atoms with Gasteiger partial charge in [0.05, 0.1) is 18.8 Å². The first-order valence-electron chi connectivity index (χ1n) is 7.49. The molecule has 1 atom stereocenters. The minimum Gasteiger partial charge on any atom is -0.495 e. The highest BCUT2D eigenvalue weighted by Crippen LogP contribution is 2.22. The summed E-state index contributed by atoms with van der Waals surface area (Å²) in [4.78, 5) is 12.0. The first-order chi connectivity index (χ1) is 11.1. The Hall–Kier alpha value is -2.69. The second-order valence-corrected chi connectivity index (χ2v) is 5.28. The summed E-state index contributed by atoms with van der Waals surface area (Å²) >= 11 is 0. The van der Waals surface area contributed by atoms with Gasteiger partial charge in [0.1, 0.15) is 18.1 Å². The molecule has 122 valence electrons. The van der Waals surface area contributed by atoms with Gasteiger partial charge in [-0.15, -0.1) is 0 Å². The van der Waals surface area contributed by atoms with E-state index in [1.807, 2.05) is 50.2 Å². The van der Waals surface area contributed by atoms with Crippen molar-refractivity contribution in [2.45, 2.75) is 19.9 Å². The number of carbonyl (C=O) groups is 1. The fourth-order valence-electron chi connectivity index (χ4n) is 2.10. The highest BCUT2D eigenvalue weighted by atomic mass is 16.5. The number of amides is 2. The molecule has 0 heterocycles. The molecular formula is C18H22N2O3. The number of carbonyl (C=O) groups excluding carboxylic acids is 1. The fourth-order valence-corrected chi connectivity index (χ4v) is 2.10. The van der Waals surface area contributed by atoms with E-state index in [1.165, 1.54) is 0 Å². The predicted octanol–water partition coefficient (Wildman–Crippen LogP) is 3.59. The van der Waals surface area contributed by atoms with E-state index in [-0.39, 0.29) is 12.1 Å². The number of nitrogens with one attached hydrogen (secondary N) is 2. The van der Waals surface area contributed by atoms with E-state index in [9.17, 15) is 4.79 Å². The van der Waals surface area contributed by atoms with Gasteiger partial charge in [0, 0.05) is 0 Å². The summed E-state index contributed by atoms with van der Waals surface area (Å²) in [6.07, 6.45) is 0. The number of para-hydroxylation sites is 3. The Balaban J connectivity index is 1.84. The monoisotopic (exact) mass is 314 g/mol. The smallest absolute Gasteiger partial charge is 0.319 e. The highest BCUT2D eigenvalue weighted by molar-refractivity contribution is 5.91. The molecule has 0 spiro atoms. The molecule has 0 aliphatic heterocycles. The van der Waals surface area contributed by atoms with Crippen LogP contribution in [0.15, 0.2) is 48.5 Å². The summed E-state index contributed by atoms with van der Waals surface area (Å²) in [7, 11) is 1.57. The van der Waals surface area contributed by atoms with Crippen LogP contribution in [-0.2, 0) is 0 Å². The second kappa shape index (κ2) is 8.08. The second-order valence-electron chi connectivity index (χ2n) is 5.28. The molecule has 2 aromatic carbocycles. The quantitative estimate of drug-likeness (QED) is 0.856. The van der Waals surface area contributed by atoms with E-state index in [0.717, 1.165) is 11.3 Å². The number of aryl methyl sites for hydroxylation is 1. The van der Waals surface area contributed by atoms with Crippen molar-refractivity contribution in [2.75, 3.05) is 19.0 Å². The molecule has 2 N–H and O–H groups in total. The van der Waals surface area contributed by atoms with Crippen molar-refractivity contribution < 1.29 is 14.3 Å². The van der Waals surface area contributed by atoms with Crippen molar-refractivity contribution in [3.05, 3.63) is 54.1 Å². The largest absolute Gasteiger partial charge is 0.495 e. The lowest BCUT2D eigenvalue weighted by Gasteiger charge is -2.17. The van der Waals surface area contributed by atoms with Gasteiger partial charge in [0.2, 0.25) is 0 Å². The molecule has 2 aromatic rings. The van der Waals surface area contributed by atoms with Gasteiger partial charge in [0.25, 0.3) is 0 Å². The Bertz CT molecular complexity index is 658. The molecule has 0 fully saturated rings. The Morgan fingerprint density at radius 1 is 1.09 bits per heavy atom. The van der Waals surface area contributed by atoms with Crippen LogP contribution >= 0.6 is 0 Å². The van der Waals surface area contributed by atoms with Crippen LogP contribution in [0.2, 0.25) is 0 Å². The number of benzene rings is 2. The number of methoxy groups -OCH3 is 1. The van der Waals surface area contributed by atoms with Gasteiger partial charge in [0.15, 0.2) is 0 Å².